The average Bonchev–Trinajstić information content (AvgIpc) is 2.70. The van der Waals surface area contributed by atoms with E-state index in [1.54, 1.807) is 17.6 Å². The van der Waals surface area contributed by atoms with E-state index in [1.165, 1.54) is 29.5 Å². The minimum Gasteiger partial charge on any atom is -0.298 e. The third-order valence-corrected chi connectivity index (χ3v) is 2.43. The molecule has 76 valence electrons. The summed E-state index contributed by atoms with van der Waals surface area (Å²) in [6.45, 7) is 0. The highest BCUT2D eigenvalue weighted by Gasteiger charge is 2.07. The van der Waals surface area contributed by atoms with Crippen molar-refractivity contribution in [2.45, 2.75) is 0 Å². The number of carbonyl (C=O) groups excluding carboxylic acids is 1. The van der Waals surface area contributed by atoms with Crippen molar-refractivity contribution in [2.24, 2.45) is 0 Å². The van der Waals surface area contributed by atoms with E-state index in [9.17, 15) is 9.18 Å². The van der Waals surface area contributed by atoms with Crippen molar-refractivity contribution in [2.75, 3.05) is 5.32 Å². The molecule has 5 heteroatoms. The Labute approximate surface area is 89.6 Å². The first-order chi connectivity index (χ1) is 7.25. The number of amides is 1. The van der Waals surface area contributed by atoms with E-state index in [0.717, 1.165) is 0 Å². The maximum atomic E-state index is 12.8. The lowest BCUT2D eigenvalue weighted by molar-refractivity contribution is 0.102. The molecule has 0 fully saturated rings. The van der Waals surface area contributed by atoms with E-state index in [2.05, 4.69) is 10.3 Å². The molecule has 0 saturated heterocycles. The van der Waals surface area contributed by atoms with Crippen LogP contribution in [-0.2, 0) is 0 Å². The lowest BCUT2D eigenvalue weighted by atomic mass is 10.2. The summed E-state index contributed by atoms with van der Waals surface area (Å²) in [6.07, 6.45) is 1.59. The van der Waals surface area contributed by atoms with Crippen molar-refractivity contribution < 1.29 is 9.18 Å². The molecule has 1 aromatic carbocycles. The number of nitrogens with zero attached hydrogens (tertiary/aromatic N) is 1. The highest BCUT2D eigenvalue weighted by Crippen LogP contribution is 2.12. The summed E-state index contributed by atoms with van der Waals surface area (Å²) >= 11 is 1.31. The number of anilines is 1. The first-order valence-electron chi connectivity index (χ1n) is 4.22. The molecular weight excluding hydrogens is 215 g/mol. The van der Waals surface area contributed by atoms with Gasteiger partial charge in [0, 0.05) is 17.1 Å². The number of hydrogen-bond donors (Lipinski definition) is 1. The molecule has 0 saturated carbocycles. The standard InChI is InChI=1S/C10H7FN2OS/c11-8-3-1-2-7(6-8)9(14)13-10-12-4-5-15-10/h1-6H,(H,12,13,14). The van der Waals surface area contributed by atoms with Crippen LogP contribution in [0.25, 0.3) is 0 Å². The third kappa shape index (κ3) is 2.38. The van der Waals surface area contributed by atoms with Gasteiger partial charge in [-0.3, -0.25) is 10.1 Å². The van der Waals surface area contributed by atoms with Gasteiger partial charge in [-0.2, -0.15) is 0 Å². The van der Waals surface area contributed by atoms with Gasteiger partial charge in [-0.25, -0.2) is 9.37 Å². The van der Waals surface area contributed by atoms with E-state index < -0.39 is 5.82 Å². The second-order valence-electron chi connectivity index (χ2n) is 2.80. The average molecular weight is 222 g/mol. The number of benzene rings is 1. The minimum absolute atomic E-state index is 0.283. The van der Waals surface area contributed by atoms with Crippen molar-refractivity contribution in [3.8, 4) is 0 Å². The molecule has 0 unspecified atom stereocenters. The van der Waals surface area contributed by atoms with Crippen LogP contribution in [0.2, 0.25) is 0 Å². The fourth-order valence-electron chi connectivity index (χ4n) is 1.08. The molecular formula is C10H7FN2OS. The lowest BCUT2D eigenvalue weighted by Gasteiger charge is -2.00. The summed E-state index contributed by atoms with van der Waals surface area (Å²) in [7, 11) is 0. The monoisotopic (exact) mass is 222 g/mol. The molecule has 15 heavy (non-hydrogen) atoms. The minimum atomic E-state index is -0.429. The van der Waals surface area contributed by atoms with Crippen LogP contribution in [0.1, 0.15) is 10.4 Å². The van der Waals surface area contributed by atoms with Crippen LogP contribution < -0.4 is 5.32 Å². The van der Waals surface area contributed by atoms with Gasteiger partial charge in [-0.15, -0.1) is 11.3 Å². The Kier molecular flexibility index (Phi) is 2.73. The molecule has 3 nitrogen and oxygen atoms in total. The Hall–Kier alpha value is -1.75. The van der Waals surface area contributed by atoms with Gasteiger partial charge in [0.2, 0.25) is 0 Å². The van der Waals surface area contributed by atoms with Crippen LogP contribution in [0.3, 0.4) is 0 Å². The molecule has 1 aromatic heterocycles. The number of thiazole rings is 1. The Bertz CT molecular complexity index is 470. The summed E-state index contributed by atoms with van der Waals surface area (Å²) in [4.78, 5) is 15.5. The smallest absolute Gasteiger partial charge is 0.257 e. The highest BCUT2D eigenvalue weighted by molar-refractivity contribution is 7.13. The summed E-state index contributed by atoms with van der Waals surface area (Å²) in [6, 6.07) is 5.52. The zero-order valence-corrected chi connectivity index (χ0v) is 8.42. The predicted octanol–water partition coefficient (Wildman–Crippen LogP) is 2.53. The fourth-order valence-corrected chi connectivity index (χ4v) is 1.61. The molecule has 0 spiro atoms. The first kappa shape index (κ1) is 9.79. The highest BCUT2D eigenvalue weighted by atomic mass is 32.1. The molecule has 0 aliphatic rings. The van der Waals surface area contributed by atoms with Gasteiger partial charge in [0.25, 0.3) is 5.91 Å². The van der Waals surface area contributed by atoms with E-state index in [0.29, 0.717) is 5.13 Å². The molecule has 1 amide bonds. The van der Waals surface area contributed by atoms with Crippen LogP contribution in [0, 0.1) is 5.82 Å². The van der Waals surface area contributed by atoms with Crippen molar-refractivity contribution in [3.63, 3.8) is 0 Å². The van der Waals surface area contributed by atoms with Crippen molar-refractivity contribution in [1.29, 1.82) is 0 Å². The molecule has 0 atom stereocenters. The molecule has 1 N–H and O–H groups in total. The Morgan fingerprint density at radius 3 is 3.00 bits per heavy atom. The zero-order valence-electron chi connectivity index (χ0n) is 7.61. The summed E-state index contributed by atoms with van der Waals surface area (Å²) < 4.78 is 12.8. The van der Waals surface area contributed by atoms with Gasteiger partial charge in [0.05, 0.1) is 0 Å². The largest absolute Gasteiger partial charge is 0.298 e. The molecule has 0 aliphatic heterocycles. The third-order valence-electron chi connectivity index (χ3n) is 1.74. The summed E-state index contributed by atoms with van der Waals surface area (Å²) in [5.41, 5.74) is 0.283. The SMILES string of the molecule is O=C(Nc1nccs1)c1cccc(F)c1. The predicted molar refractivity (Wildman–Crippen MR) is 56.5 cm³/mol. The van der Waals surface area contributed by atoms with Gasteiger partial charge in [-0.1, -0.05) is 6.07 Å². The number of nitrogens with one attached hydrogen (secondary N) is 1. The first-order valence-corrected chi connectivity index (χ1v) is 5.10. The number of halogens is 1. The second-order valence-corrected chi connectivity index (χ2v) is 3.70. The Balaban J connectivity index is 2.15. The van der Waals surface area contributed by atoms with Crippen LogP contribution in [0.5, 0.6) is 0 Å². The molecule has 2 aromatic rings. The fraction of sp³-hybridized carbons (Fsp3) is 0. The zero-order chi connectivity index (χ0) is 10.7. The van der Waals surface area contributed by atoms with Crippen molar-refractivity contribution >= 4 is 22.4 Å². The lowest BCUT2D eigenvalue weighted by Crippen LogP contribution is -2.11. The van der Waals surface area contributed by atoms with Gasteiger partial charge < -0.3 is 0 Å². The topological polar surface area (TPSA) is 42.0 Å². The van der Waals surface area contributed by atoms with Crippen LogP contribution in [0.15, 0.2) is 35.8 Å². The molecule has 1 heterocycles. The van der Waals surface area contributed by atoms with Crippen LogP contribution in [0.4, 0.5) is 9.52 Å². The number of carbonyl (C=O) groups is 1. The van der Waals surface area contributed by atoms with Gasteiger partial charge >= 0.3 is 0 Å². The quantitative estimate of drug-likeness (QED) is 0.848. The van der Waals surface area contributed by atoms with E-state index in [1.807, 2.05) is 0 Å². The van der Waals surface area contributed by atoms with Crippen LogP contribution >= 0.6 is 11.3 Å². The molecule has 2 rings (SSSR count). The Morgan fingerprint density at radius 2 is 2.33 bits per heavy atom. The van der Waals surface area contributed by atoms with Crippen molar-refractivity contribution in [3.05, 3.63) is 47.2 Å². The maximum Gasteiger partial charge on any atom is 0.257 e. The van der Waals surface area contributed by atoms with Crippen molar-refractivity contribution in [1.82, 2.24) is 4.98 Å². The van der Waals surface area contributed by atoms with E-state index in [-0.39, 0.29) is 11.5 Å². The van der Waals surface area contributed by atoms with Gasteiger partial charge in [0.15, 0.2) is 5.13 Å². The normalized spacial score (nSPS) is 9.93. The second kappa shape index (κ2) is 4.18. The van der Waals surface area contributed by atoms with E-state index >= 15 is 0 Å². The molecule has 0 bridgehead atoms. The number of rotatable bonds is 2. The molecule has 0 radical (unpaired) electrons. The summed E-state index contributed by atoms with van der Waals surface area (Å²) in [5.74, 6) is -0.786. The summed E-state index contributed by atoms with van der Waals surface area (Å²) in [5, 5.41) is 4.82. The Morgan fingerprint density at radius 1 is 1.47 bits per heavy atom. The van der Waals surface area contributed by atoms with Crippen LogP contribution in [-0.4, -0.2) is 10.9 Å². The van der Waals surface area contributed by atoms with E-state index in [4.69, 9.17) is 0 Å². The van der Waals surface area contributed by atoms with Gasteiger partial charge in [0.1, 0.15) is 5.82 Å². The van der Waals surface area contributed by atoms with Gasteiger partial charge in [-0.05, 0) is 18.2 Å². The number of aromatic nitrogens is 1. The molecule has 0 aliphatic carbocycles. The maximum absolute atomic E-state index is 12.8. The number of hydrogen-bond acceptors (Lipinski definition) is 3.